The van der Waals surface area contributed by atoms with E-state index in [1.165, 1.54) is 11.3 Å². The van der Waals surface area contributed by atoms with Crippen molar-refractivity contribution in [2.24, 2.45) is 5.92 Å². The summed E-state index contributed by atoms with van der Waals surface area (Å²) < 4.78 is 0.930. The molecule has 2 N–H and O–H groups in total. The molecule has 0 radical (unpaired) electrons. The summed E-state index contributed by atoms with van der Waals surface area (Å²) in [6.45, 7) is 2.18. The molecule has 1 aliphatic heterocycles. The molecule has 2 aromatic heterocycles. The number of aryl methyl sites for hydroxylation is 1. The number of aromatic amines is 1. The van der Waals surface area contributed by atoms with Crippen molar-refractivity contribution < 1.29 is 9.59 Å². The number of fused-ring (bicyclic) bond motifs is 1. The second kappa shape index (κ2) is 6.23. The minimum Gasteiger partial charge on any atom is -0.302 e. The molecule has 0 bridgehead atoms. The standard InChI is InChI=1S/C16H14BrN5O2S/c1-8-7-25-16(18-8)19-15(24)9-4-13(23)22(6-9)14-11-3-2-10(17)5-12(11)20-21-14/h2-3,5,7,9H,4,6H2,1H3,(H,20,21)(H,18,19,24)/t9-/m1/s1. The van der Waals surface area contributed by atoms with Gasteiger partial charge in [-0.1, -0.05) is 15.9 Å². The summed E-state index contributed by atoms with van der Waals surface area (Å²) in [7, 11) is 0. The van der Waals surface area contributed by atoms with E-state index in [4.69, 9.17) is 0 Å². The second-order valence-electron chi connectivity index (χ2n) is 5.93. The Morgan fingerprint density at radius 3 is 3.08 bits per heavy atom. The number of hydrogen-bond acceptors (Lipinski definition) is 5. The molecule has 9 heteroatoms. The Bertz CT molecular complexity index is 982. The molecule has 0 saturated carbocycles. The van der Waals surface area contributed by atoms with Crippen LogP contribution < -0.4 is 10.2 Å². The number of carbonyl (C=O) groups excluding carboxylic acids is 2. The van der Waals surface area contributed by atoms with Gasteiger partial charge in [-0.2, -0.15) is 5.10 Å². The topological polar surface area (TPSA) is 91.0 Å². The molecule has 25 heavy (non-hydrogen) atoms. The first-order valence-corrected chi connectivity index (χ1v) is 9.35. The summed E-state index contributed by atoms with van der Waals surface area (Å²) in [6, 6.07) is 5.70. The first-order valence-electron chi connectivity index (χ1n) is 7.68. The molecule has 3 aromatic rings. The van der Waals surface area contributed by atoms with E-state index in [1.54, 1.807) is 4.90 Å². The van der Waals surface area contributed by atoms with Crippen LogP contribution in [0.2, 0.25) is 0 Å². The average Bonchev–Trinajstić information content (AvgIpc) is 3.25. The highest BCUT2D eigenvalue weighted by atomic mass is 79.9. The van der Waals surface area contributed by atoms with Gasteiger partial charge < -0.3 is 5.32 Å². The van der Waals surface area contributed by atoms with E-state index in [-0.39, 0.29) is 18.2 Å². The van der Waals surface area contributed by atoms with Crippen LogP contribution in [0.3, 0.4) is 0 Å². The van der Waals surface area contributed by atoms with Crippen LogP contribution in [0.15, 0.2) is 28.1 Å². The normalized spacial score (nSPS) is 17.4. The van der Waals surface area contributed by atoms with Gasteiger partial charge in [0, 0.05) is 28.2 Å². The van der Waals surface area contributed by atoms with Crippen LogP contribution in [-0.2, 0) is 9.59 Å². The summed E-state index contributed by atoms with van der Waals surface area (Å²) in [5.41, 5.74) is 1.70. The molecule has 4 rings (SSSR count). The predicted octanol–water partition coefficient (Wildman–Crippen LogP) is 3.08. The molecule has 2 amide bonds. The van der Waals surface area contributed by atoms with Gasteiger partial charge in [0.1, 0.15) is 0 Å². The van der Waals surface area contributed by atoms with Gasteiger partial charge in [0.05, 0.1) is 17.1 Å². The fraction of sp³-hybridized carbons (Fsp3) is 0.250. The maximum atomic E-state index is 12.4. The van der Waals surface area contributed by atoms with Crippen molar-refractivity contribution in [1.82, 2.24) is 15.2 Å². The lowest BCUT2D eigenvalue weighted by Crippen LogP contribution is -2.28. The SMILES string of the molecule is Cc1csc(NC(=O)[C@@H]2CC(=O)N(c3n[nH]c4cc(Br)ccc34)C2)n1. The fourth-order valence-corrected chi connectivity index (χ4v) is 3.94. The van der Waals surface area contributed by atoms with Gasteiger partial charge in [-0.15, -0.1) is 11.3 Å². The Morgan fingerprint density at radius 2 is 2.32 bits per heavy atom. The van der Waals surface area contributed by atoms with Gasteiger partial charge >= 0.3 is 0 Å². The number of halogens is 1. The molecule has 0 unspecified atom stereocenters. The molecular weight excluding hydrogens is 406 g/mol. The smallest absolute Gasteiger partial charge is 0.231 e. The van der Waals surface area contributed by atoms with Crippen molar-refractivity contribution in [3.05, 3.63) is 33.7 Å². The first kappa shape index (κ1) is 16.2. The maximum Gasteiger partial charge on any atom is 0.231 e. The number of H-pyrrole nitrogens is 1. The number of aromatic nitrogens is 3. The number of anilines is 2. The van der Waals surface area contributed by atoms with E-state index in [0.29, 0.717) is 17.5 Å². The largest absolute Gasteiger partial charge is 0.302 e. The molecule has 3 heterocycles. The molecule has 128 valence electrons. The number of carbonyl (C=O) groups is 2. The predicted molar refractivity (Wildman–Crippen MR) is 99.7 cm³/mol. The lowest BCUT2D eigenvalue weighted by atomic mass is 10.1. The number of amides is 2. The second-order valence-corrected chi connectivity index (χ2v) is 7.70. The molecule has 1 atom stereocenters. The Balaban J connectivity index is 1.54. The zero-order chi connectivity index (χ0) is 17.6. The van der Waals surface area contributed by atoms with Gasteiger partial charge in [0.15, 0.2) is 10.9 Å². The number of rotatable bonds is 3. The van der Waals surface area contributed by atoms with Crippen molar-refractivity contribution in [3.63, 3.8) is 0 Å². The van der Waals surface area contributed by atoms with Crippen LogP contribution in [0.1, 0.15) is 12.1 Å². The highest BCUT2D eigenvalue weighted by molar-refractivity contribution is 9.10. The third-order valence-corrected chi connectivity index (χ3v) is 5.47. The van der Waals surface area contributed by atoms with Crippen molar-refractivity contribution in [3.8, 4) is 0 Å². The van der Waals surface area contributed by atoms with E-state index in [9.17, 15) is 9.59 Å². The molecular formula is C16H14BrN5O2S. The van der Waals surface area contributed by atoms with Crippen molar-refractivity contribution in [1.29, 1.82) is 0 Å². The van der Waals surface area contributed by atoms with Crippen molar-refractivity contribution in [2.45, 2.75) is 13.3 Å². The van der Waals surface area contributed by atoms with Gasteiger partial charge in [-0.3, -0.25) is 19.6 Å². The molecule has 1 aliphatic rings. The third kappa shape index (κ3) is 3.05. The maximum absolute atomic E-state index is 12.4. The summed E-state index contributed by atoms with van der Waals surface area (Å²) in [4.78, 5) is 30.7. The first-order chi connectivity index (χ1) is 12.0. The fourth-order valence-electron chi connectivity index (χ4n) is 2.89. The van der Waals surface area contributed by atoms with Gasteiger partial charge in [0.25, 0.3) is 0 Å². The number of nitrogens with zero attached hydrogens (tertiary/aromatic N) is 3. The van der Waals surface area contributed by atoms with Crippen LogP contribution in [0.4, 0.5) is 10.9 Å². The zero-order valence-electron chi connectivity index (χ0n) is 13.2. The van der Waals surface area contributed by atoms with Crippen LogP contribution in [0.25, 0.3) is 10.9 Å². The lowest BCUT2D eigenvalue weighted by Gasteiger charge is -2.13. The van der Waals surface area contributed by atoms with Crippen molar-refractivity contribution >= 4 is 60.9 Å². The monoisotopic (exact) mass is 419 g/mol. The van der Waals surface area contributed by atoms with Crippen molar-refractivity contribution in [2.75, 3.05) is 16.8 Å². The Labute approximate surface area is 155 Å². The highest BCUT2D eigenvalue weighted by Crippen LogP contribution is 2.31. The molecule has 1 aromatic carbocycles. The summed E-state index contributed by atoms with van der Waals surface area (Å²) in [5, 5.41) is 13.3. The van der Waals surface area contributed by atoms with E-state index in [2.05, 4.69) is 36.4 Å². The molecule has 1 saturated heterocycles. The van der Waals surface area contributed by atoms with Gasteiger partial charge in [-0.25, -0.2) is 4.98 Å². The van der Waals surface area contributed by atoms with Crippen LogP contribution in [0.5, 0.6) is 0 Å². The molecule has 7 nitrogen and oxygen atoms in total. The van der Waals surface area contributed by atoms with E-state index >= 15 is 0 Å². The van der Waals surface area contributed by atoms with Crippen LogP contribution >= 0.6 is 27.3 Å². The third-order valence-electron chi connectivity index (χ3n) is 4.11. The minimum absolute atomic E-state index is 0.105. The van der Waals surface area contributed by atoms with E-state index in [0.717, 1.165) is 21.1 Å². The lowest BCUT2D eigenvalue weighted by molar-refractivity contribution is -0.122. The summed E-state index contributed by atoms with van der Waals surface area (Å²) >= 11 is 4.79. The summed E-state index contributed by atoms with van der Waals surface area (Å²) in [5.74, 6) is -0.147. The molecule has 0 aliphatic carbocycles. The zero-order valence-corrected chi connectivity index (χ0v) is 15.6. The molecule has 1 fully saturated rings. The van der Waals surface area contributed by atoms with Crippen LogP contribution in [-0.4, -0.2) is 33.5 Å². The van der Waals surface area contributed by atoms with E-state index < -0.39 is 5.92 Å². The number of hydrogen-bond donors (Lipinski definition) is 2. The average molecular weight is 420 g/mol. The quantitative estimate of drug-likeness (QED) is 0.682. The summed E-state index contributed by atoms with van der Waals surface area (Å²) in [6.07, 6.45) is 0.168. The van der Waals surface area contributed by atoms with Gasteiger partial charge in [-0.05, 0) is 25.1 Å². The van der Waals surface area contributed by atoms with Crippen LogP contribution in [0, 0.1) is 12.8 Å². The van der Waals surface area contributed by atoms with E-state index in [1.807, 2.05) is 30.5 Å². The minimum atomic E-state index is -0.418. The highest BCUT2D eigenvalue weighted by Gasteiger charge is 2.37. The van der Waals surface area contributed by atoms with Gasteiger partial charge in [0.2, 0.25) is 11.8 Å². The Kier molecular flexibility index (Phi) is 4.04. The number of thiazole rings is 1. The number of benzene rings is 1. The molecule has 0 spiro atoms. The number of nitrogens with one attached hydrogen (secondary N) is 2. The Hall–Kier alpha value is -2.26. The Morgan fingerprint density at radius 1 is 1.48 bits per heavy atom.